The van der Waals surface area contributed by atoms with E-state index in [-0.39, 0.29) is 0 Å². The quantitative estimate of drug-likeness (QED) is 0.729. The van der Waals surface area contributed by atoms with E-state index < -0.39 is 0 Å². The molecule has 0 atom stereocenters. The van der Waals surface area contributed by atoms with Gasteiger partial charge in [0.2, 0.25) is 0 Å². The highest BCUT2D eigenvalue weighted by molar-refractivity contribution is 5.22. The highest BCUT2D eigenvalue weighted by Gasteiger charge is 2.09. The van der Waals surface area contributed by atoms with Crippen LogP contribution in [0.5, 0.6) is 0 Å². The minimum absolute atomic E-state index is 1.14. The van der Waals surface area contributed by atoms with Crippen molar-refractivity contribution in [3.63, 3.8) is 0 Å². The second-order valence-electron chi connectivity index (χ2n) is 4.51. The van der Waals surface area contributed by atoms with Gasteiger partial charge in [-0.2, -0.15) is 0 Å². The second-order valence-corrected chi connectivity index (χ2v) is 4.51. The molecule has 15 heavy (non-hydrogen) atoms. The van der Waals surface area contributed by atoms with Crippen molar-refractivity contribution in [3.8, 4) is 0 Å². The molecule has 0 aliphatic carbocycles. The molecule has 0 N–H and O–H groups in total. The molecule has 1 saturated heterocycles. The van der Waals surface area contributed by atoms with Gasteiger partial charge in [-0.05, 0) is 43.5 Å². The summed E-state index contributed by atoms with van der Waals surface area (Å²) < 4.78 is 0. The Kier molecular flexibility index (Phi) is 3.79. The minimum atomic E-state index is 1.14. The Morgan fingerprint density at radius 2 is 1.53 bits per heavy atom. The van der Waals surface area contributed by atoms with Crippen molar-refractivity contribution in [1.29, 1.82) is 0 Å². The Hall–Kier alpha value is -0.820. The topological polar surface area (TPSA) is 3.24 Å². The fraction of sp³-hybridized carbons (Fsp3) is 0.571. The molecule has 1 heterocycles. The van der Waals surface area contributed by atoms with Crippen LogP contribution in [0.3, 0.4) is 0 Å². The van der Waals surface area contributed by atoms with Crippen molar-refractivity contribution in [2.75, 3.05) is 13.1 Å². The molecule has 0 aromatic heterocycles. The van der Waals surface area contributed by atoms with Gasteiger partial charge >= 0.3 is 0 Å². The first-order valence-electron chi connectivity index (χ1n) is 6.18. The van der Waals surface area contributed by atoms with Crippen LogP contribution in [0.1, 0.15) is 37.3 Å². The van der Waals surface area contributed by atoms with Gasteiger partial charge in [-0.1, -0.05) is 37.6 Å². The van der Waals surface area contributed by atoms with Crippen LogP contribution in [0.25, 0.3) is 0 Å². The predicted octanol–water partition coefficient (Wildman–Crippen LogP) is 3.23. The zero-order valence-electron chi connectivity index (χ0n) is 9.71. The van der Waals surface area contributed by atoms with Gasteiger partial charge in [-0.3, -0.25) is 4.90 Å². The number of piperidine rings is 1. The van der Waals surface area contributed by atoms with Crippen LogP contribution < -0.4 is 0 Å². The average Bonchev–Trinajstić information content (AvgIpc) is 2.31. The number of nitrogens with zero attached hydrogens (tertiary/aromatic N) is 1. The van der Waals surface area contributed by atoms with Gasteiger partial charge in [-0.25, -0.2) is 0 Å². The molecule has 2 rings (SSSR count). The number of benzene rings is 1. The summed E-state index contributed by atoms with van der Waals surface area (Å²) in [5.41, 5.74) is 2.91. The van der Waals surface area contributed by atoms with Crippen LogP contribution in [0.2, 0.25) is 0 Å². The fourth-order valence-corrected chi connectivity index (χ4v) is 2.26. The summed E-state index contributed by atoms with van der Waals surface area (Å²) >= 11 is 0. The largest absolute Gasteiger partial charge is 0.299 e. The Morgan fingerprint density at radius 3 is 2.13 bits per heavy atom. The Morgan fingerprint density at radius 1 is 0.933 bits per heavy atom. The van der Waals surface area contributed by atoms with E-state index in [0.717, 1.165) is 13.0 Å². The summed E-state index contributed by atoms with van der Waals surface area (Å²) in [4.78, 5) is 2.57. The summed E-state index contributed by atoms with van der Waals surface area (Å²) in [5.74, 6) is 0. The number of likely N-dealkylation sites (tertiary alicyclic amines) is 1. The predicted molar refractivity (Wildman–Crippen MR) is 64.9 cm³/mol. The molecular formula is C14H21N. The molecule has 1 aliphatic heterocycles. The fourth-order valence-electron chi connectivity index (χ4n) is 2.26. The van der Waals surface area contributed by atoms with Gasteiger partial charge in [0.05, 0.1) is 0 Å². The summed E-state index contributed by atoms with van der Waals surface area (Å²) in [6, 6.07) is 9.10. The maximum atomic E-state index is 2.57. The van der Waals surface area contributed by atoms with Crippen LogP contribution in [-0.2, 0) is 13.0 Å². The number of aryl methyl sites for hydroxylation is 1. The summed E-state index contributed by atoms with van der Waals surface area (Å²) in [6.45, 7) is 5.93. The van der Waals surface area contributed by atoms with Crippen molar-refractivity contribution in [2.24, 2.45) is 0 Å². The molecule has 1 heteroatoms. The van der Waals surface area contributed by atoms with Gasteiger partial charge in [0, 0.05) is 6.54 Å². The van der Waals surface area contributed by atoms with Gasteiger partial charge in [0.1, 0.15) is 0 Å². The van der Waals surface area contributed by atoms with Gasteiger partial charge < -0.3 is 0 Å². The van der Waals surface area contributed by atoms with Crippen molar-refractivity contribution in [1.82, 2.24) is 4.90 Å². The zero-order chi connectivity index (χ0) is 10.5. The normalized spacial score (nSPS) is 17.9. The van der Waals surface area contributed by atoms with E-state index in [4.69, 9.17) is 0 Å². The van der Waals surface area contributed by atoms with E-state index in [2.05, 4.69) is 36.1 Å². The number of rotatable bonds is 3. The molecule has 0 amide bonds. The van der Waals surface area contributed by atoms with Crippen molar-refractivity contribution in [2.45, 2.75) is 39.2 Å². The van der Waals surface area contributed by atoms with Gasteiger partial charge in [0.15, 0.2) is 0 Å². The van der Waals surface area contributed by atoms with Crippen LogP contribution in [-0.4, -0.2) is 18.0 Å². The van der Waals surface area contributed by atoms with Gasteiger partial charge in [0.25, 0.3) is 0 Å². The molecule has 1 aromatic rings. The van der Waals surface area contributed by atoms with E-state index in [0.29, 0.717) is 0 Å². The smallest absolute Gasteiger partial charge is 0.0233 e. The molecule has 0 saturated carbocycles. The molecule has 1 aliphatic rings. The highest BCUT2D eigenvalue weighted by atomic mass is 15.1. The van der Waals surface area contributed by atoms with Crippen molar-refractivity contribution >= 4 is 0 Å². The first-order valence-corrected chi connectivity index (χ1v) is 6.18. The van der Waals surface area contributed by atoms with Crippen LogP contribution in [0.15, 0.2) is 24.3 Å². The maximum Gasteiger partial charge on any atom is 0.0233 e. The van der Waals surface area contributed by atoms with E-state index in [1.807, 2.05) is 0 Å². The molecule has 1 fully saturated rings. The monoisotopic (exact) mass is 203 g/mol. The first-order chi connectivity index (χ1) is 7.38. The van der Waals surface area contributed by atoms with E-state index in [1.165, 1.54) is 43.5 Å². The summed E-state index contributed by atoms with van der Waals surface area (Å²) in [7, 11) is 0. The molecule has 0 spiro atoms. The molecule has 0 unspecified atom stereocenters. The molecule has 0 bridgehead atoms. The third kappa shape index (κ3) is 3.07. The van der Waals surface area contributed by atoms with E-state index in [9.17, 15) is 0 Å². The average molecular weight is 203 g/mol. The number of hydrogen-bond donors (Lipinski definition) is 0. The first kappa shape index (κ1) is 10.7. The molecule has 1 aromatic carbocycles. The molecule has 1 nitrogen and oxygen atoms in total. The Balaban J connectivity index is 1.91. The standard InChI is InChI=1S/C14H21N/c1-2-13-6-8-14(9-7-13)12-15-10-4-3-5-11-15/h6-9H,2-5,10-12H2,1H3. The van der Waals surface area contributed by atoms with Crippen molar-refractivity contribution in [3.05, 3.63) is 35.4 Å². The molecule has 82 valence electrons. The minimum Gasteiger partial charge on any atom is -0.299 e. The van der Waals surface area contributed by atoms with Crippen LogP contribution in [0.4, 0.5) is 0 Å². The van der Waals surface area contributed by atoms with Gasteiger partial charge in [-0.15, -0.1) is 0 Å². The molecule has 0 radical (unpaired) electrons. The van der Waals surface area contributed by atoms with E-state index in [1.54, 1.807) is 0 Å². The van der Waals surface area contributed by atoms with Crippen LogP contribution >= 0.6 is 0 Å². The van der Waals surface area contributed by atoms with Crippen LogP contribution in [0, 0.1) is 0 Å². The lowest BCUT2D eigenvalue weighted by atomic mass is 10.1. The second kappa shape index (κ2) is 5.32. The third-order valence-electron chi connectivity index (χ3n) is 3.29. The lowest BCUT2D eigenvalue weighted by Gasteiger charge is -2.26. The van der Waals surface area contributed by atoms with Crippen molar-refractivity contribution < 1.29 is 0 Å². The number of hydrogen-bond acceptors (Lipinski definition) is 1. The molecular weight excluding hydrogens is 182 g/mol. The Labute approximate surface area is 93.1 Å². The highest BCUT2D eigenvalue weighted by Crippen LogP contribution is 2.13. The lowest BCUT2D eigenvalue weighted by Crippen LogP contribution is -2.29. The third-order valence-corrected chi connectivity index (χ3v) is 3.29. The van der Waals surface area contributed by atoms with E-state index >= 15 is 0 Å². The SMILES string of the molecule is CCc1ccc(CN2CCCCC2)cc1. The lowest BCUT2D eigenvalue weighted by molar-refractivity contribution is 0.221. The summed E-state index contributed by atoms with van der Waals surface area (Å²) in [6.07, 6.45) is 5.33. The summed E-state index contributed by atoms with van der Waals surface area (Å²) in [5, 5.41) is 0. The maximum absolute atomic E-state index is 2.57. The zero-order valence-corrected chi connectivity index (χ0v) is 9.71. The Bertz CT molecular complexity index is 283.